The number of ether oxygens (including phenoxy) is 1. The first-order valence-electron chi connectivity index (χ1n) is 9.85. The van der Waals surface area contributed by atoms with Gasteiger partial charge in [0.1, 0.15) is 6.61 Å². The minimum absolute atomic E-state index is 0.0648. The second kappa shape index (κ2) is 5.73. The second-order valence-corrected chi connectivity index (χ2v) is 8.97. The summed E-state index contributed by atoms with van der Waals surface area (Å²) < 4.78 is 5.00. The van der Waals surface area contributed by atoms with Crippen LogP contribution in [0.5, 0.6) is 0 Å². The molecule has 2 aliphatic carbocycles. The zero-order valence-electron chi connectivity index (χ0n) is 15.1. The number of nitrogens with one attached hydrogen (secondary N) is 1. The average Bonchev–Trinajstić information content (AvgIpc) is 3.01. The van der Waals surface area contributed by atoms with Crippen LogP contribution in [0.4, 0.5) is 4.79 Å². The first kappa shape index (κ1) is 16.2. The maximum Gasteiger partial charge on any atom is 0.407 e. The number of benzene rings is 1. The smallest absolute Gasteiger partial charge is 0.407 e. The molecule has 0 radical (unpaired) electrons. The molecule has 26 heavy (non-hydrogen) atoms. The molecule has 2 spiro atoms. The van der Waals surface area contributed by atoms with E-state index in [-0.39, 0.29) is 23.5 Å². The van der Waals surface area contributed by atoms with Crippen LogP contribution in [-0.4, -0.2) is 42.1 Å². The largest absolute Gasteiger partial charge is 0.447 e. The molecule has 0 atom stereocenters. The number of hydrogen-bond acceptors (Lipinski definition) is 3. The number of alkyl carbamates (subject to hydrolysis) is 1. The number of amides is 2. The van der Waals surface area contributed by atoms with Crippen LogP contribution in [0.1, 0.15) is 50.0 Å². The van der Waals surface area contributed by atoms with E-state index in [2.05, 4.69) is 40.5 Å². The number of carbonyl (C=O) groups is 2. The number of hydrogen-bond donors (Lipinski definition) is 1. The Labute approximate surface area is 154 Å². The molecule has 1 N–H and O–H groups in total. The summed E-state index contributed by atoms with van der Waals surface area (Å²) in [6.07, 6.45) is 6.07. The number of cyclic esters (lactones) is 1. The minimum Gasteiger partial charge on any atom is -0.447 e. The molecule has 2 aliphatic heterocycles. The summed E-state index contributed by atoms with van der Waals surface area (Å²) in [5, 5.41) is 2.87. The molecular formula is C21H26N2O3. The van der Waals surface area contributed by atoms with Crippen LogP contribution in [0.25, 0.3) is 0 Å². The third-order valence-corrected chi connectivity index (χ3v) is 7.15. The van der Waals surface area contributed by atoms with Gasteiger partial charge in [0.05, 0.1) is 5.54 Å². The molecule has 1 aromatic rings. The summed E-state index contributed by atoms with van der Waals surface area (Å²) >= 11 is 0. The lowest BCUT2D eigenvalue weighted by molar-refractivity contribution is -0.156. The van der Waals surface area contributed by atoms with Crippen molar-refractivity contribution in [1.82, 2.24) is 10.2 Å². The van der Waals surface area contributed by atoms with Gasteiger partial charge in [0.25, 0.3) is 0 Å². The van der Waals surface area contributed by atoms with Gasteiger partial charge in [0.2, 0.25) is 5.91 Å². The lowest BCUT2D eigenvalue weighted by atomic mass is 9.63. The van der Waals surface area contributed by atoms with Gasteiger partial charge in [0.15, 0.2) is 0 Å². The van der Waals surface area contributed by atoms with Gasteiger partial charge >= 0.3 is 6.09 Å². The van der Waals surface area contributed by atoms with Gasteiger partial charge in [0, 0.05) is 24.4 Å². The summed E-state index contributed by atoms with van der Waals surface area (Å²) in [6, 6.07) is 10.8. The van der Waals surface area contributed by atoms with E-state index in [1.807, 2.05) is 0 Å². The van der Waals surface area contributed by atoms with Crippen molar-refractivity contribution in [2.45, 2.75) is 50.0 Å². The Morgan fingerprint density at radius 2 is 1.81 bits per heavy atom. The van der Waals surface area contributed by atoms with E-state index in [0.717, 1.165) is 25.9 Å². The highest BCUT2D eigenvalue weighted by molar-refractivity contribution is 5.82. The Bertz CT molecular complexity index is 710. The molecule has 2 amide bonds. The van der Waals surface area contributed by atoms with Crippen LogP contribution < -0.4 is 5.32 Å². The monoisotopic (exact) mass is 354 g/mol. The lowest BCUT2D eigenvalue weighted by Crippen LogP contribution is -2.64. The van der Waals surface area contributed by atoms with Crippen LogP contribution >= 0.6 is 0 Å². The standard InChI is InChI=1S/C21H26N2O3/c24-18(17-10-21(11-17)14-26-19(25)22-21)23-12-20(13-23)8-6-16(7-9-20)15-4-2-1-3-5-15/h1-5,16-17H,6-14H2,(H,22,25). The SMILES string of the molecule is O=C1NC2(CO1)CC(C(=O)N1CC3(CCC(c4ccccc4)CC3)C1)C2. The van der Waals surface area contributed by atoms with Crippen molar-refractivity contribution in [3.63, 3.8) is 0 Å². The number of carbonyl (C=O) groups excluding carboxylic acids is 2. The van der Waals surface area contributed by atoms with Crippen molar-refractivity contribution >= 4 is 12.0 Å². The highest BCUT2D eigenvalue weighted by Crippen LogP contribution is 2.50. The molecule has 2 saturated carbocycles. The fourth-order valence-corrected chi connectivity index (χ4v) is 5.55. The highest BCUT2D eigenvalue weighted by Gasteiger charge is 2.56. The topological polar surface area (TPSA) is 58.6 Å². The minimum atomic E-state index is -0.339. The third-order valence-electron chi connectivity index (χ3n) is 7.15. The van der Waals surface area contributed by atoms with E-state index in [4.69, 9.17) is 4.74 Å². The molecule has 0 unspecified atom stereocenters. The molecule has 5 nitrogen and oxygen atoms in total. The van der Waals surface area contributed by atoms with Gasteiger partial charge in [-0.2, -0.15) is 0 Å². The van der Waals surface area contributed by atoms with E-state index in [0.29, 0.717) is 17.9 Å². The van der Waals surface area contributed by atoms with Crippen molar-refractivity contribution in [3.05, 3.63) is 35.9 Å². The predicted octanol–water partition coefficient (Wildman–Crippen LogP) is 3.06. The maximum atomic E-state index is 12.7. The molecule has 1 aromatic carbocycles. The van der Waals surface area contributed by atoms with E-state index in [1.54, 1.807) is 0 Å². The summed E-state index contributed by atoms with van der Waals surface area (Å²) in [7, 11) is 0. The summed E-state index contributed by atoms with van der Waals surface area (Å²) in [6.45, 7) is 2.28. The number of likely N-dealkylation sites (tertiary alicyclic amines) is 1. The van der Waals surface area contributed by atoms with E-state index in [9.17, 15) is 9.59 Å². The number of nitrogens with zero attached hydrogens (tertiary/aromatic N) is 1. The van der Waals surface area contributed by atoms with Crippen LogP contribution in [0, 0.1) is 11.3 Å². The van der Waals surface area contributed by atoms with Crippen LogP contribution in [0.2, 0.25) is 0 Å². The van der Waals surface area contributed by atoms with E-state index >= 15 is 0 Å². The van der Waals surface area contributed by atoms with Gasteiger partial charge in [-0.15, -0.1) is 0 Å². The van der Waals surface area contributed by atoms with Gasteiger partial charge in [-0.3, -0.25) is 4.79 Å². The third kappa shape index (κ3) is 2.60. The molecule has 5 heteroatoms. The van der Waals surface area contributed by atoms with Crippen molar-refractivity contribution in [3.8, 4) is 0 Å². The van der Waals surface area contributed by atoms with Crippen molar-refractivity contribution in [2.75, 3.05) is 19.7 Å². The predicted molar refractivity (Wildman–Crippen MR) is 96.6 cm³/mol. The highest BCUT2D eigenvalue weighted by atomic mass is 16.6. The Balaban J connectivity index is 1.11. The first-order chi connectivity index (χ1) is 12.6. The average molecular weight is 354 g/mol. The van der Waals surface area contributed by atoms with Crippen LogP contribution in [0.3, 0.4) is 0 Å². The van der Waals surface area contributed by atoms with Crippen molar-refractivity contribution in [2.24, 2.45) is 11.3 Å². The zero-order valence-corrected chi connectivity index (χ0v) is 15.1. The van der Waals surface area contributed by atoms with Crippen molar-refractivity contribution in [1.29, 1.82) is 0 Å². The van der Waals surface area contributed by atoms with Crippen LogP contribution in [-0.2, 0) is 9.53 Å². The van der Waals surface area contributed by atoms with Crippen LogP contribution in [0.15, 0.2) is 30.3 Å². The van der Waals surface area contributed by atoms with Crippen molar-refractivity contribution < 1.29 is 14.3 Å². The first-order valence-corrected chi connectivity index (χ1v) is 9.85. The maximum absolute atomic E-state index is 12.7. The van der Waals surface area contributed by atoms with Gasteiger partial charge in [-0.25, -0.2) is 4.79 Å². The fourth-order valence-electron chi connectivity index (χ4n) is 5.55. The Morgan fingerprint density at radius 3 is 2.42 bits per heavy atom. The Kier molecular flexibility index (Phi) is 3.56. The van der Waals surface area contributed by atoms with E-state index < -0.39 is 0 Å². The molecule has 4 fully saturated rings. The molecule has 4 aliphatic rings. The fraction of sp³-hybridized carbons (Fsp3) is 0.619. The number of rotatable bonds is 2. The van der Waals surface area contributed by atoms with E-state index in [1.165, 1.54) is 31.2 Å². The lowest BCUT2D eigenvalue weighted by Gasteiger charge is -2.55. The summed E-state index contributed by atoms with van der Waals surface area (Å²) in [5.74, 6) is 1.03. The molecule has 2 heterocycles. The Morgan fingerprint density at radius 1 is 1.12 bits per heavy atom. The quantitative estimate of drug-likeness (QED) is 0.888. The molecule has 0 aromatic heterocycles. The van der Waals surface area contributed by atoms with Gasteiger partial charge < -0.3 is 15.0 Å². The molecule has 2 saturated heterocycles. The molecular weight excluding hydrogens is 328 g/mol. The second-order valence-electron chi connectivity index (χ2n) is 8.97. The van der Waals surface area contributed by atoms with Gasteiger partial charge in [-0.05, 0) is 50.0 Å². The normalized spacial score (nSPS) is 26.9. The van der Waals surface area contributed by atoms with Gasteiger partial charge in [-0.1, -0.05) is 30.3 Å². The molecule has 138 valence electrons. The summed E-state index contributed by atoms with van der Waals surface area (Å²) in [5.41, 5.74) is 1.58. The summed E-state index contributed by atoms with van der Waals surface area (Å²) in [4.78, 5) is 26.0. The zero-order chi connectivity index (χ0) is 17.8. The molecule has 0 bridgehead atoms. The molecule has 5 rings (SSSR count). The Hall–Kier alpha value is -2.04.